The minimum atomic E-state index is -1.21. The minimum absolute atomic E-state index is 0.0713. The van der Waals surface area contributed by atoms with E-state index in [1.54, 1.807) is 49.6 Å². The lowest BCUT2D eigenvalue weighted by Gasteiger charge is -2.12. The Labute approximate surface area is 141 Å². The van der Waals surface area contributed by atoms with Crippen LogP contribution in [0.15, 0.2) is 58.1 Å². The van der Waals surface area contributed by atoms with Gasteiger partial charge < -0.3 is 14.0 Å². The number of benzene rings is 2. The number of methoxy groups -OCH3 is 1. The maximum Gasteiger partial charge on any atom is 0.306 e. The second kappa shape index (κ2) is 5.90. The average molecular weight is 339 g/mol. The van der Waals surface area contributed by atoms with Crippen LogP contribution in [0.2, 0.25) is 0 Å². The highest BCUT2D eigenvalue weighted by atomic mass is 16.7. The largest absolute Gasteiger partial charge is 0.497 e. The number of para-hydroxylation sites is 2. The quantitative estimate of drug-likeness (QED) is 0.535. The molecule has 0 saturated carbocycles. The first-order valence-electron chi connectivity index (χ1n) is 7.54. The van der Waals surface area contributed by atoms with Crippen LogP contribution < -0.4 is 4.74 Å². The van der Waals surface area contributed by atoms with E-state index >= 15 is 0 Å². The van der Waals surface area contributed by atoms with Gasteiger partial charge in [0.25, 0.3) is 5.89 Å². The number of aromatic nitrogens is 1. The van der Waals surface area contributed by atoms with Gasteiger partial charge >= 0.3 is 6.04 Å². The highest BCUT2D eigenvalue weighted by Gasteiger charge is 2.47. The summed E-state index contributed by atoms with van der Waals surface area (Å²) in [5.74, 6) is 0.749. The second-order valence-electron chi connectivity index (χ2n) is 5.49. The summed E-state index contributed by atoms with van der Waals surface area (Å²) in [5, 5.41) is 15.5. The van der Waals surface area contributed by atoms with Crippen LogP contribution in [0.25, 0.3) is 11.1 Å². The van der Waals surface area contributed by atoms with E-state index < -0.39 is 17.1 Å². The van der Waals surface area contributed by atoms with Gasteiger partial charge in [-0.15, -0.1) is 0 Å². The van der Waals surface area contributed by atoms with Crippen LogP contribution in [0.1, 0.15) is 17.6 Å². The van der Waals surface area contributed by atoms with Gasteiger partial charge in [-0.25, -0.2) is 4.98 Å². The predicted molar refractivity (Wildman–Crippen MR) is 88.1 cm³/mol. The summed E-state index contributed by atoms with van der Waals surface area (Å²) in [6.45, 7) is 0. The smallest absolute Gasteiger partial charge is 0.306 e. The molecule has 0 radical (unpaired) electrons. The number of ether oxygens (including phenoxy) is 1. The van der Waals surface area contributed by atoms with Crippen molar-refractivity contribution in [2.75, 3.05) is 7.11 Å². The summed E-state index contributed by atoms with van der Waals surface area (Å²) in [7, 11) is 1.55. The van der Waals surface area contributed by atoms with Crippen LogP contribution in [-0.2, 0) is 4.84 Å². The van der Waals surface area contributed by atoms with Crippen molar-refractivity contribution in [3.05, 3.63) is 70.1 Å². The zero-order chi connectivity index (χ0) is 17.4. The third kappa shape index (κ3) is 2.57. The lowest BCUT2D eigenvalue weighted by atomic mass is 9.99. The van der Waals surface area contributed by atoms with Crippen LogP contribution in [0, 0.1) is 10.1 Å². The molecule has 0 saturated heterocycles. The van der Waals surface area contributed by atoms with E-state index in [0.717, 1.165) is 0 Å². The topological polar surface area (TPSA) is 100.0 Å². The van der Waals surface area contributed by atoms with Gasteiger partial charge in [0.15, 0.2) is 5.58 Å². The van der Waals surface area contributed by atoms with Gasteiger partial charge in [-0.2, -0.15) is 0 Å². The maximum atomic E-state index is 11.7. The number of nitrogens with zero attached hydrogens (tertiary/aromatic N) is 3. The van der Waals surface area contributed by atoms with E-state index in [9.17, 15) is 10.1 Å². The zero-order valence-corrected chi connectivity index (χ0v) is 13.2. The fourth-order valence-corrected chi connectivity index (χ4v) is 2.76. The van der Waals surface area contributed by atoms with Crippen LogP contribution in [-0.4, -0.2) is 28.8 Å². The Morgan fingerprint density at radius 2 is 1.92 bits per heavy atom. The first-order chi connectivity index (χ1) is 12.2. The van der Waals surface area contributed by atoms with E-state index in [1.807, 2.05) is 6.07 Å². The summed E-state index contributed by atoms with van der Waals surface area (Å²) in [5.41, 5.74) is 1.84. The molecule has 2 heterocycles. The molecule has 3 aromatic rings. The van der Waals surface area contributed by atoms with Crippen LogP contribution in [0.3, 0.4) is 0 Å². The second-order valence-corrected chi connectivity index (χ2v) is 5.49. The Bertz CT molecular complexity index is 931. The molecule has 126 valence electrons. The molecule has 1 aromatic heterocycles. The molecule has 2 unspecified atom stereocenters. The van der Waals surface area contributed by atoms with Crippen molar-refractivity contribution in [2.24, 2.45) is 5.16 Å². The van der Waals surface area contributed by atoms with Gasteiger partial charge in [-0.3, -0.25) is 10.1 Å². The van der Waals surface area contributed by atoms with Crippen molar-refractivity contribution in [1.82, 2.24) is 4.98 Å². The molecule has 0 spiro atoms. The molecule has 0 fully saturated rings. The number of fused-ring (bicyclic) bond motifs is 1. The molecule has 0 bridgehead atoms. The molecular weight excluding hydrogens is 326 g/mol. The summed E-state index contributed by atoms with van der Waals surface area (Å²) in [6, 6.07) is 12.8. The van der Waals surface area contributed by atoms with Crippen molar-refractivity contribution in [1.29, 1.82) is 0 Å². The van der Waals surface area contributed by atoms with Crippen LogP contribution >= 0.6 is 0 Å². The molecule has 0 N–H and O–H groups in total. The van der Waals surface area contributed by atoms with Gasteiger partial charge in [0.2, 0.25) is 11.8 Å². The van der Waals surface area contributed by atoms with Gasteiger partial charge in [0, 0.05) is 10.5 Å². The Morgan fingerprint density at radius 3 is 2.60 bits per heavy atom. The molecule has 2 aromatic carbocycles. The molecule has 25 heavy (non-hydrogen) atoms. The highest BCUT2D eigenvalue weighted by Crippen LogP contribution is 2.33. The van der Waals surface area contributed by atoms with Crippen LogP contribution in [0.5, 0.6) is 5.75 Å². The van der Waals surface area contributed by atoms with E-state index in [1.165, 1.54) is 0 Å². The fraction of sp³-hybridized carbons (Fsp3) is 0.176. The number of hydrogen-bond donors (Lipinski definition) is 0. The molecule has 4 rings (SSSR count). The third-order valence-electron chi connectivity index (χ3n) is 4.02. The fourth-order valence-electron chi connectivity index (χ4n) is 2.76. The summed E-state index contributed by atoms with van der Waals surface area (Å²) >= 11 is 0. The molecule has 8 nitrogen and oxygen atoms in total. The molecule has 8 heteroatoms. The number of oxime groups is 1. The van der Waals surface area contributed by atoms with Crippen molar-refractivity contribution in [2.45, 2.75) is 12.1 Å². The van der Waals surface area contributed by atoms with Gasteiger partial charge in [-0.05, 0) is 24.3 Å². The first kappa shape index (κ1) is 15.1. The van der Waals surface area contributed by atoms with E-state index in [4.69, 9.17) is 14.0 Å². The van der Waals surface area contributed by atoms with Crippen molar-refractivity contribution in [3.63, 3.8) is 0 Å². The zero-order valence-electron chi connectivity index (χ0n) is 13.2. The SMILES string of the molecule is COc1ccc(C2ON=C(c3nc4ccccc4o3)C2[N+](=O)[O-])cc1. The number of hydrogen-bond acceptors (Lipinski definition) is 7. The standard InChI is InChI=1S/C17H13N3O5/c1-23-11-8-6-10(7-9-11)16-15(20(21)22)14(19-25-16)17-18-12-4-2-3-5-13(12)24-17/h2-9,15-16H,1H3. The van der Waals surface area contributed by atoms with Crippen LogP contribution in [0.4, 0.5) is 0 Å². The average Bonchev–Trinajstić information content (AvgIpc) is 3.25. The summed E-state index contributed by atoms with van der Waals surface area (Å²) in [4.78, 5) is 20.9. The lowest BCUT2D eigenvalue weighted by molar-refractivity contribution is -0.512. The molecule has 0 aliphatic carbocycles. The molecule has 0 amide bonds. The minimum Gasteiger partial charge on any atom is -0.497 e. The lowest BCUT2D eigenvalue weighted by Crippen LogP contribution is -2.32. The Kier molecular flexibility index (Phi) is 3.57. The van der Waals surface area contributed by atoms with Gasteiger partial charge in [0.05, 0.1) is 7.11 Å². The van der Waals surface area contributed by atoms with E-state index in [0.29, 0.717) is 22.4 Å². The number of oxazole rings is 1. The van der Waals surface area contributed by atoms with E-state index in [2.05, 4.69) is 10.1 Å². The Morgan fingerprint density at radius 1 is 1.16 bits per heavy atom. The summed E-state index contributed by atoms with van der Waals surface area (Å²) < 4.78 is 10.7. The Balaban J connectivity index is 1.70. The van der Waals surface area contributed by atoms with Gasteiger partial charge in [0.1, 0.15) is 11.3 Å². The maximum absolute atomic E-state index is 11.7. The monoisotopic (exact) mass is 339 g/mol. The number of rotatable bonds is 4. The van der Waals surface area contributed by atoms with Crippen molar-refractivity contribution in [3.8, 4) is 5.75 Å². The van der Waals surface area contributed by atoms with Gasteiger partial charge in [-0.1, -0.05) is 29.4 Å². The molecule has 1 aliphatic heterocycles. The van der Waals surface area contributed by atoms with Crippen molar-refractivity contribution < 1.29 is 18.9 Å². The Hall–Kier alpha value is -3.42. The van der Waals surface area contributed by atoms with E-state index in [-0.39, 0.29) is 11.6 Å². The molecule has 2 atom stereocenters. The highest BCUT2D eigenvalue weighted by molar-refractivity contribution is 6.02. The summed E-state index contributed by atoms with van der Waals surface area (Å²) in [6.07, 6.45) is -0.856. The number of nitro groups is 1. The first-order valence-corrected chi connectivity index (χ1v) is 7.54. The third-order valence-corrected chi connectivity index (χ3v) is 4.02. The normalized spacial score (nSPS) is 19.5. The van der Waals surface area contributed by atoms with Crippen molar-refractivity contribution >= 4 is 16.8 Å². The molecular formula is C17H13N3O5. The molecule has 1 aliphatic rings. The predicted octanol–water partition coefficient (Wildman–Crippen LogP) is 2.96.